The van der Waals surface area contributed by atoms with E-state index in [0.29, 0.717) is 17.4 Å². The highest BCUT2D eigenvalue weighted by Crippen LogP contribution is 2.40. The smallest absolute Gasteiger partial charge is 0.229 e. The Labute approximate surface area is 246 Å². The fraction of sp³-hybridized carbons (Fsp3) is 0.483. The Morgan fingerprint density at radius 2 is 1.86 bits per heavy atom. The summed E-state index contributed by atoms with van der Waals surface area (Å²) in [6.45, 7) is 8.33. The van der Waals surface area contributed by atoms with Crippen LogP contribution >= 0.6 is 0 Å². The van der Waals surface area contributed by atoms with Crippen LogP contribution in [0.25, 0.3) is 0 Å². The molecule has 2 aromatic heterocycles. The number of hydrogen-bond acceptors (Lipinski definition) is 10. The number of nitrogens with zero attached hydrogens (tertiary/aromatic N) is 6. The second kappa shape index (κ2) is 11.6. The summed E-state index contributed by atoms with van der Waals surface area (Å²) in [6, 6.07) is 6.17. The van der Waals surface area contributed by atoms with Crippen LogP contribution in [0.3, 0.4) is 0 Å². The van der Waals surface area contributed by atoms with Crippen molar-refractivity contribution in [2.75, 3.05) is 23.7 Å². The second-order valence-electron chi connectivity index (χ2n) is 11.2. The number of carbonyl (C=O) groups excluding carboxylic acids is 1. The summed E-state index contributed by atoms with van der Waals surface area (Å²) in [4.78, 5) is 22.6. The average molecular weight is 593 g/mol. The normalized spacial score (nSPS) is 15.9. The third-order valence-corrected chi connectivity index (χ3v) is 9.74. The van der Waals surface area contributed by atoms with Gasteiger partial charge in [-0.1, -0.05) is 0 Å². The van der Waals surface area contributed by atoms with Gasteiger partial charge in [0.25, 0.3) is 0 Å². The molecule has 2 aliphatic rings. The molecule has 5 rings (SSSR count). The number of rotatable bonds is 9. The third-order valence-electron chi connectivity index (χ3n) is 7.66. The summed E-state index contributed by atoms with van der Waals surface area (Å²) in [5.74, 6) is 1.51. The number of nitriles is 1. The lowest BCUT2D eigenvalue weighted by Crippen LogP contribution is -2.36. The van der Waals surface area contributed by atoms with Crippen LogP contribution in [0.2, 0.25) is 0 Å². The number of ether oxygens (including phenoxy) is 1. The lowest BCUT2D eigenvalue weighted by Gasteiger charge is -2.32. The number of anilines is 4. The first-order chi connectivity index (χ1) is 20.0. The number of amides is 1. The van der Waals surface area contributed by atoms with E-state index in [4.69, 9.17) is 4.74 Å². The topological polar surface area (TPSA) is 155 Å². The average Bonchev–Trinajstić information content (AvgIpc) is 3.69. The molecule has 0 bridgehead atoms. The van der Waals surface area contributed by atoms with E-state index in [1.165, 1.54) is 22.6 Å². The van der Waals surface area contributed by atoms with Gasteiger partial charge < -0.3 is 20.3 Å². The minimum Gasteiger partial charge on any atom is -0.488 e. The van der Waals surface area contributed by atoms with Crippen LogP contribution < -0.4 is 15.4 Å². The highest BCUT2D eigenvalue weighted by Gasteiger charge is 2.29. The fourth-order valence-electron chi connectivity index (χ4n) is 5.06. The SMILES string of the molecule is CC(=O)N1CCC(c2cc(OC3CC3)c(Nc3ncc(C#N)c(Nc4cn(C)nc4S(=O)(=O)C(C)C)n3)cc2C)CC1. The van der Waals surface area contributed by atoms with Gasteiger partial charge in [0.2, 0.25) is 26.7 Å². The van der Waals surface area contributed by atoms with Gasteiger partial charge in [0.15, 0.2) is 5.82 Å². The molecule has 1 saturated heterocycles. The van der Waals surface area contributed by atoms with Crippen LogP contribution in [0, 0.1) is 18.3 Å². The quantitative estimate of drug-likeness (QED) is 0.367. The standard InChI is InChI=1S/C29H36N8O4S/c1-17(2)42(39,40)28-25(16-36(5)35-28)32-27-21(14-30)15-31-29(34-27)33-24-12-18(3)23(13-26(24)41-22-6-7-22)20-8-10-37(11-9-20)19(4)38/h12-13,15-17,20,22H,6-11H2,1-5H3,(H2,31,32,33,34). The van der Waals surface area contributed by atoms with Crippen molar-refractivity contribution in [2.24, 2.45) is 7.05 Å². The van der Waals surface area contributed by atoms with Gasteiger partial charge in [0.1, 0.15) is 17.4 Å². The Hall–Kier alpha value is -4.18. The van der Waals surface area contributed by atoms with Gasteiger partial charge in [-0.25, -0.2) is 13.4 Å². The predicted octanol–water partition coefficient (Wildman–Crippen LogP) is 4.33. The van der Waals surface area contributed by atoms with Crippen molar-refractivity contribution in [1.29, 1.82) is 5.26 Å². The Morgan fingerprint density at radius 1 is 1.14 bits per heavy atom. The van der Waals surface area contributed by atoms with E-state index in [2.05, 4.69) is 44.8 Å². The van der Waals surface area contributed by atoms with Crippen LogP contribution in [0.1, 0.15) is 69.1 Å². The first-order valence-electron chi connectivity index (χ1n) is 14.1. The summed E-state index contributed by atoms with van der Waals surface area (Å²) in [5.41, 5.74) is 3.37. The van der Waals surface area contributed by atoms with Gasteiger partial charge in [-0.2, -0.15) is 15.3 Å². The predicted molar refractivity (Wildman–Crippen MR) is 158 cm³/mol. The van der Waals surface area contributed by atoms with E-state index in [1.807, 2.05) is 11.0 Å². The molecule has 42 heavy (non-hydrogen) atoms. The fourth-order valence-corrected chi connectivity index (χ4v) is 6.16. The summed E-state index contributed by atoms with van der Waals surface area (Å²) >= 11 is 0. The molecule has 222 valence electrons. The minimum atomic E-state index is -3.69. The zero-order chi connectivity index (χ0) is 30.2. The largest absolute Gasteiger partial charge is 0.488 e. The van der Waals surface area contributed by atoms with Gasteiger partial charge in [0.05, 0.1) is 28.9 Å². The van der Waals surface area contributed by atoms with E-state index >= 15 is 0 Å². The molecule has 0 radical (unpaired) electrons. The zero-order valence-corrected chi connectivity index (χ0v) is 25.3. The summed E-state index contributed by atoms with van der Waals surface area (Å²) < 4.78 is 33.5. The third kappa shape index (κ3) is 6.18. The van der Waals surface area contributed by atoms with Crippen molar-refractivity contribution in [2.45, 2.75) is 75.7 Å². The highest BCUT2D eigenvalue weighted by molar-refractivity contribution is 7.92. The van der Waals surface area contributed by atoms with Gasteiger partial charge >= 0.3 is 0 Å². The van der Waals surface area contributed by atoms with Crippen molar-refractivity contribution in [3.8, 4) is 11.8 Å². The summed E-state index contributed by atoms with van der Waals surface area (Å²) in [7, 11) is -2.07. The molecule has 3 aromatic rings. The highest BCUT2D eigenvalue weighted by atomic mass is 32.2. The van der Waals surface area contributed by atoms with E-state index in [-0.39, 0.29) is 40.1 Å². The number of likely N-dealkylation sites (tertiary alicyclic amines) is 1. The molecule has 0 atom stereocenters. The van der Waals surface area contributed by atoms with Crippen molar-refractivity contribution in [1.82, 2.24) is 24.6 Å². The number of nitrogens with one attached hydrogen (secondary N) is 2. The summed E-state index contributed by atoms with van der Waals surface area (Å²) in [6.07, 6.45) is 6.86. The van der Waals surface area contributed by atoms with Gasteiger partial charge in [0, 0.05) is 33.3 Å². The number of sulfone groups is 1. The van der Waals surface area contributed by atoms with Crippen LogP contribution in [0.15, 0.2) is 29.6 Å². The van der Waals surface area contributed by atoms with Crippen LogP contribution in [0.4, 0.5) is 23.1 Å². The number of aryl methyl sites for hydroxylation is 2. The lowest BCUT2D eigenvalue weighted by atomic mass is 9.86. The Kier molecular flexibility index (Phi) is 8.10. The van der Waals surface area contributed by atoms with Crippen LogP contribution in [0.5, 0.6) is 5.75 Å². The monoisotopic (exact) mass is 592 g/mol. The molecule has 2 N–H and O–H groups in total. The molecular formula is C29H36N8O4S. The van der Waals surface area contributed by atoms with E-state index in [9.17, 15) is 18.5 Å². The Morgan fingerprint density at radius 3 is 2.48 bits per heavy atom. The second-order valence-corrected chi connectivity index (χ2v) is 13.7. The number of aromatic nitrogens is 4. The maximum Gasteiger partial charge on any atom is 0.229 e. The molecular weight excluding hydrogens is 556 g/mol. The molecule has 1 aromatic carbocycles. The molecule has 3 heterocycles. The lowest BCUT2D eigenvalue weighted by molar-refractivity contribution is -0.129. The molecule has 0 spiro atoms. The number of benzene rings is 1. The molecule has 1 amide bonds. The van der Waals surface area contributed by atoms with Crippen molar-refractivity contribution >= 4 is 38.9 Å². The molecule has 2 fully saturated rings. The van der Waals surface area contributed by atoms with Gasteiger partial charge in [-0.05, 0) is 75.6 Å². The van der Waals surface area contributed by atoms with Crippen molar-refractivity contribution in [3.05, 3.63) is 41.2 Å². The molecule has 1 aliphatic heterocycles. The maximum atomic E-state index is 12.9. The summed E-state index contributed by atoms with van der Waals surface area (Å²) in [5, 5.41) is 19.3. The van der Waals surface area contributed by atoms with Crippen LogP contribution in [-0.4, -0.2) is 63.4 Å². The molecule has 0 unspecified atom stereocenters. The molecule has 13 heteroatoms. The minimum absolute atomic E-state index is 0.111. The molecule has 12 nitrogen and oxygen atoms in total. The van der Waals surface area contributed by atoms with E-state index in [0.717, 1.165) is 44.3 Å². The van der Waals surface area contributed by atoms with E-state index in [1.54, 1.807) is 27.8 Å². The molecule has 1 saturated carbocycles. The van der Waals surface area contributed by atoms with Gasteiger partial charge in [-0.15, -0.1) is 0 Å². The maximum absolute atomic E-state index is 12.9. The number of carbonyl (C=O) groups is 1. The zero-order valence-electron chi connectivity index (χ0n) is 24.5. The first-order valence-corrected chi connectivity index (χ1v) is 15.7. The number of piperidine rings is 1. The van der Waals surface area contributed by atoms with Crippen molar-refractivity contribution in [3.63, 3.8) is 0 Å². The van der Waals surface area contributed by atoms with E-state index < -0.39 is 15.1 Å². The number of hydrogen-bond donors (Lipinski definition) is 2. The van der Waals surface area contributed by atoms with Gasteiger partial charge in [-0.3, -0.25) is 9.48 Å². The molecule has 1 aliphatic carbocycles. The van der Waals surface area contributed by atoms with Crippen molar-refractivity contribution < 1.29 is 17.9 Å². The van der Waals surface area contributed by atoms with Crippen LogP contribution in [-0.2, 0) is 21.7 Å². The Bertz CT molecular complexity index is 1650. The first kappa shape index (κ1) is 29.3. The Balaban J connectivity index is 1.44.